The molecule has 0 saturated heterocycles. The topological polar surface area (TPSA) is 79.5 Å². The molecule has 1 amide bonds. The van der Waals surface area contributed by atoms with Gasteiger partial charge in [0.1, 0.15) is 5.76 Å². The van der Waals surface area contributed by atoms with Crippen LogP contribution >= 0.6 is 0 Å². The molecule has 21 heavy (non-hydrogen) atoms. The lowest BCUT2D eigenvalue weighted by Crippen LogP contribution is -2.45. The highest BCUT2D eigenvalue weighted by molar-refractivity contribution is 5.95. The van der Waals surface area contributed by atoms with E-state index in [1.165, 1.54) is 6.26 Å². The highest BCUT2D eigenvalue weighted by Gasteiger charge is 2.41. The molecule has 1 aromatic heterocycles. The monoisotopic (exact) mass is 293 g/mol. The van der Waals surface area contributed by atoms with Crippen molar-refractivity contribution in [1.29, 1.82) is 0 Å². The molecule has 1 heterocycles. The van der Waals surface area contributed by atoms with E-state index >= 15 is 0 Å². The Morgan fingerprint density at radius 2 is 2.10 bits per heavy atom. The molecule has 0 unspecified atom stereocenters. The molecule has 0 aliphatic heterocycles. The zero-order valence-electron chi connectivity index (χ0n) is 12.6. The Hall–Kier alpha value is -1.78. The van der Waals surface area contributed by atoms with E-state index in [4.69, 9.17) is 4.42 Å². The maximum Gasteiger partial charge on any atom is 0.311 e. The van der Waals surface area contributed by atoms with Crippen LogP contribution in [0.4, 0.5) is 0 Å². The van der Waals surface area contributed by atoms with E-state index < -0.39 is 11.4 Å². The van der Waals surface area contributed by atoms with Gasteiger partial charge in [0.05, 0.1) is 17.2 Å². The van der Waals surface area contributed by atoms with Gasteiger partial charge in [-0.2, -0.15) is 0 Å². The van der Waals surface area contributed by atoms with Crippen LogP contribution in [0.1, 0.15) is 55.6 Å². The van der Waals surface area contributed by atoms with Gasteiger partial charge in [0.15, 0.2) is 0 Å². The molecular formula is C16H23NO4. The third-order valence-corrected chi connectivity index (χ3v) is 4.58. The zero-order valence-corrected chi connectivity index (χ0v) is 12.6. The van der Waals surface area contributed by atoms with Crippen molar-refractivity contribution in [2.75, 3.05) is 6.54 Å². The minimum atomic E-state index is -0.821. The fourth-order valence-electron chi connectivity index (χ4n) is 2.94. The summed E-state index contributed by atoms with van der Waals surface area (Å²) in [7, 11) is 0. The number of aliphatic carboxylic acids is 1. The molecule has 1 saturated carbocycles. The number of nitrogens with one attached hydrogen (secondary N) is 1. The van der Waals surface area contributed by atoms with Gasteiger partial charge in [-0.25, -0.2) is 0 Å². The number of furan rings is 1. The van der Waals surface area contributed by atoms with E-state index in [2.05, 4.69) is 12.2 Å². The molecule has 1 aliphatic carbocycles. The largest absolute Gasteiger partial charge is 0.481 e. The fourth-order valence-corrected chi connectivity index (χ4v) is 2.94. The van der Waals surface area contributed by atoms with Crippen LogP contribution in [0.3, 0.4) is 0 Å². The van der Waals surface area contributed by atoms with Crippen LogP contribution < -0.4 is 5.32 Å². The first-order chi connectivity index (χ1) is 9.98. The zero-order chi connectivity index (χ0) is 15.5. The standard InChI is InChI=1S/C16H23NO4/c1-3-13-12(6-9-21-13)14(18)17-10-16(15(19)20)7-4-11(2)5-8-16/h6,9,11H,3-5,7-8,10H2,1-2H3,(H,17,18)(H,19,20). The van der Waals surface area contributed by atoms with Crippen LogP contribution in [0, 0.1) is 11.3 Å². The van der Waals surface area contributed by atoms with E-state index in [-0.39, 0.29) is 12.5 Å². The number of carbonyl (C=O) groups is 2. The summed E-state index contributed by atoms with van der Waals surface area (Å²) in [6, 6.07) is 1.63. The lowest BCUT2D eigenvalue weighted by molar-refractivity contribution is -0.151. The summed E-state index contributed by atoms with van der Waals surface area (Å²) >= 11 is 0. The highest BCUT2D eigenvalue weighted by Crippen LogP contribution is 2.38. The Labute approximate surface area is 124 Å². The van der Waals surface area contributed by atoms with Gasteiger partial charge in [-0.3, -0.25) is 9.59 Å². The molecule has 0 bridgehead atoms. The molecule has 0 spiro atoms. The smallest absolute Gasteiger partial charge is 0.311 e. The summed E-state index contributed by atoms with van der Waals surface area (Å²) in [5.41, 5.74) is -0.319. The summed E-state index contributed by atoms with van der Waals surface area (Å²) in [5, 5.41) is 12.3. The van der Waals surface area contributed by atoms with Crippen molar-refractivity contribution in [2.45, 2.75) is 46.0 Å². The van der Waals surface area contributed by atoms with Crippen LogP contribution in [0.5, 0.6) is 0 Å². The van der Waals surface area contributed by atoms with Gasteiger partial charge in [-0.15, -0.1) is 0 Å². The molecule has 2 rings (SSSR count). The predicted octanol–water partition coefficient (Wildman–Crippen LogP) is 2.85. The lowest BCUT2D eigenvalue weighted by atomic mass is 9.71. The Bertz CT molecular complexity index is 512. The molecule has 1 aliphatic rings. The average molecular weight is 293 g/mol. The van der Waals surface area contributed by atoms with Crippen molar-refractivity contribution in [2.24, 2.45) is 11.3 Å². The van der Waals surface area contributed by atoms with Gasteiger partial charge in [-0.05, 0) is 37.7 Å². The van der Waals surface area contributed by atoms with Crippen LogP contribution in [-0.2, 0) is 11.2 Å². The number of amides is 1. The summed E-state index contributed by atoms with van der Waals surface area (Å²) in [6.07, 6.45) is 5.16. The number of hydrogen-bond acceptors (Lipinski definition) is 3. The second-order valence-electron chi connectivity index (χ2n) is 6.06. The Balaban J connectivity index is 2.02. The van der Waals surface area contributed by atoms with Crippen molar-refractivity contribution in [1.82, 2.24) is 5.32 Å². The van der Waals surface area contributed by atoms with Crippen molar-refractivity contribution in [3.8, 4) is 0 Å². The Kier molecular flexibility index (Phi) is 4.70. The third-order valence-electron chi connectivity index (χ3n) is 4.58. The Morgan fingerprint density at radius 1 is 1.43 bits per heavy atom. The molecule has 1 aromatic rings. The predicted molar refractivity (Wildman–Crippen MR) is 78.1 cm³/mol. The molecule has 5 nitrogen and oxygen atoms in total. The number of rotatable bonds is 5. The Morgan fingerprint density at radius 3 is 2.67 bits per heavy atom. The number of aryl methyl sites for hydroxylation is 1. The van der Waals surface area contributed by atoms with Crippen molar-refractivity contribution < 1.29 is 19.1 Å². The molecule has 5 heteroatoms. The van der Waals surface area contributed by atoms with Gasteiger partial charge < -0.3 is 14.8 Å². The lowest BCUT2D eigenvalue weighted by Gasteiger charge is -2.35. The molecular weight excluding hydrogens is 270 g/mol. The molecule has 116 valence electrons. The third kappa shape index (κ3) is 3.28. The van der Waals surface area contributed by atoms with Crippen molar-refractivity contribution in [3.05, 3.63) is 23.7 Å². The van der Waals surface area contributed by atoms with Crippen LogP contribution in [0.25, 0.3) is 0 Å². The summed E-state index contributed by atoms with van der Waals surface area (Å²) < 4.78 is 5.24. The quantitative estimate of drug-likeness (QED) is 0.875. The van der Waals surface area contributed by atoms with Crippen LogP contribution in [0.15, 0.2) is 16.7 Å². The SMILES string of the molecule is CCc1occc1C(=O)NCC1(C(=O)O)CCC(C)CC1. The number of carbonyl (C=O) groups excluding carboxylic acids is 1. The molecule has 1 fully saturated rings. The number of hydrogen-bond donors (Lipinski definition) is 2. The van der Waals surface area contributed by atoms with Gasteiger partial charge in [-0.1, -0.05) is 13.8 Å². The summed E-state index contributed by atoms with van der Waals surface area (Å²) in [4.78, 5) is 23.8. The molecule has 2 N–H and O–H groups in total. The van der Waals surface area contributed by atoms with E-state index in [0.29, 0.717) is 36.5 Å². The van der Waals surface area contributed by atoms with Gasteiger partial charge in [0.2, 0.25) is 0 Å². The minimum Gasteiger partial charge on any atom is -0.481 e. The maximum atomic E-state index is 12.2. The van der Waals surface area contributed by atoms with Gasteiger partial charge in [0.25, 0.3) is 5.91 Å². The summed E-state index contributed by atoms with van der Waals surface area (Å²) in [6.45, 7) is 4.24. The van der Waals surface area contributed by atoms with Gasteiger partial charge in [0, 0.05) is 13.0 Å². The van der Waals surface area contributed by atoms with Crippen LogP contribution in [0.2, 0.25) is 0 Å². The fraction of sp³-hybridized carbons (Fsp3) is 0.625. The maximum absolute atomic E-state index is 12.2. The summed E-state index contributed by atoms with van der Waals surface area (Å²) in [5.74, 6) is 0.139. The van der Waals surface area contributed by atoms with Gasteiger partial charge >= 0.3 is 5.97 Å². The van der Waals surface area contributed by atoms with E-state index in [1.54, 1.807) is 6.07 Å². The highest BCUT2D eigenvalue weighted by atomic mass is 16.4. The second-order valence-corrected chi connectivity index (χ2v) is 6.06. The first-order valence-corrected chi connectivity index (χ1v) is 7.56. The number of carboxylic acids is 1. The van der Waals surface area contributed by atoms with Crippen molar-refractivity contribution >= 4 is 11.9 Å². The van der Waals surface area contributed by atoms with E-state index in [1.807, 2.05) is 6.92 Å². The number of carboxylic acid groups (broad SMARTS) is 1. The van der Waals surface area contributed by atoms with Crippen LogP contribution in [-0.4, -0.2) is 23.5 Å². The second kappa shape index (κ2) is 6.33. The first-order valence-electron chi connectivity index (χ1n) is 7.56. The normalized spacial score (nSPS) is 25.5. The van der Waals surface area contributed by atoms with E-state index in [9.17, 15) is 14.7 Å². The average Bonchev–Trinajstić information content (AvgIpc) is 2.95. The minimum absolute atomic E-state index is 0.183. The van der Waals surface area contributed by atoms with Crippen molar-refractivity contribution in [3.63, 3.8) is 0 Å². The molecule has 0 atom stereocenters. The first kappa shape index (κ1) is 15.6. The molecule has 0 aromatic carbocycles. The molecule has 0 radical (unpaired) electrons. The van der Waals surface area contributed by atoms with E-state index in [0.717, 1.165) is 12.8 Å².